The van der Waals surface area contributed by atoms with Crippen LogP contribution in [0.15, 0.2) is 18.2 Å². The van der Waals surface area contributed by atoms with Gasteiger partial charge in [0, 0.05) is 12.6 Å². The van der Waals surface area contributed by atoms with Crippen LogP contribution in [0, 0.1) is 25.5 Å². The first-order valence-electron chi connectivity index (χ1n) is 5.52. The first kappa shape index (κ1) is 12.4. The normalized spacial score (nSPS) is 10.5. The van der Waals surface area contributed by atoms with E-state index in [2.05, 4.69) is 15.5 Å². The molecule has 0 aliphatic heterocycles. The van der Waals surface area contributed by atoms with Crippen LogP contribution in [0.25, 0.3) is 11.3 Å². The largest absolute Gasteiger partial charge is 0.371 e. The van der Waals surface area contributed by atoms with Gasteiger partial charge in [-0.1, -0.05) is 6.07 Å². The van der Waals surface area contributed by atoms with Crippen molar-refractivity contribution in [3.63, 3.8) is 0 Å². The highest BCUT2D eigenvalue weighted by atomic mass is 19.2. The van der Waals surface area contributed by atoms with Crippen molar-refractivity contribution in [1.29, 1.82) is 0 Å². The maximum absolute atomic E-state index is 13.7. The minimum atomic E-state index is -0.897. The Bertz CT molecular complexity index is 597. The predicted octanol–water partition coefficient (Wildman–Crippen LogP) is 3.08. The van der Waals surface area contributed by atoms with Gasteiger partial charge in [-0.3, -0.25) is 0 Å². The third-order valence-corrected chi connectivity index (χ3v) is 2.97. The fourth-order valence-corrected chi connectivity index (χ4v) is 1.79. The lowest BCUT2D eigenvalue weighted by Gasteiger charge is -2.11. The molecule has 0 spiro atoms. The number of hydrogen-bond donors (Lipinski definition) is 1. The number of aromatic nitrogens is 2. The lowest BCUT2D eigenvalue weighted by Crippen LogP contribution is -2.04. The number of nitrogens with one attached hydrogen (secondary N) is 1. The lowest BCUT2D eigenvalue weighted by atomic mass is 10.0. The van der Waals surface area contributed by atoms with Gasteiger partial charge in [-0.25, -0.2) is 8.78 Å². The quantitative estimate of drug-likeness (QED) is 0.888. The van der Waals surface area contributed by atoms with Crippen LogP contribution in [-0.2, 0) is 0 Å². The second kappa shape index (κ2) is 4.68. The Morgan fingerprint density at radius 1 is 1.06 bits per heavy atom. The van der Waals surface area contributed by atoms with Crippen molar-refractivity contribution >= 4 is 5.82 Å². The Balaban J connectivity index is 2.65. The molecule has 0 aliphatic rings. The summed E-state index contributed by atoms with van der Waals surface area (Å²) in [7, 11) is 1.74. The van der Waals surface area contributed by atoms with E-state index in [1.165, 1.54) is 12.1 Å². The molecule has 94 valence electrons. The number of rotatable bonds is 2. The Hall–Kier alpha value is -2.04. The number of anilines is 1. The third kappa shape index (κ3) is 1.92. The van der Waals surface area contributed by atoms with Crippen LogP contribution in [0.2, 0.25) is 0 Å². The van der Waals surface area contributed by atoms with Crippen LogP contribution in [0.3, 0.4) is 0 Å². The van der Waals surface area contributed by atoms with Gasteiger partial charge in [0.15, 0.2) is 17.5 Å². The van der Waals surface area contributed by atoms with E-state index in [0.717, 1.165) is 17.2 Å². The predicted molar refractivity (Wildman–Crippen MR) is 66.4 cm³/mol. The molecule has 1 heterocycles. The van der Waals surface area contributed by atoms with Crippen LogP contribution in [0.4, 0.5) is 14.6 Å². The summed E-state index contributed by atoms with van der Waals surface area (Å²) in [4.78, 5) is 0. The average Bonchev–Trinajstić information content (AvgIpc) is 2.37. The summed E-state index contributed by atoms with van der Waals surface area (Å²) in [6.07, 6.45) is 0. The zero-order valence-electron chi connectivity index (χ0n) is 10.4. The van der Waals surface area contributed by atoms with Gasteiger partial charge in [-0.2, -0.15) is 0 Å². The van der Waals surface area contributed by atoms with Gasteiger partial charge in [-0.15, -0.1) is 10.2 Å². The van der Waals surface area contributed by atoms with E-state index in [0.29, 0.717) is 11.5 Å². The molecule has 1 aromatic carbocycles. The molecule has 2 aromatic rings. The highest BCUT2D eigenvalue weighted by Gasteiger charge is 2.16. The monoisotopic (exact) mass is 249 g/mol. The maximum Gasteiger partial charge on any atom is 0.168 e. The second-order valence-electron chi connectivity index (χ2n) is 4.00. The Morgan fingerprint density at radius 3 is 2.44 bits per heavy atom. The van der Waals surface area contributed by atoms with Crippen molar-refractivity contribution in [3.05, 3.63) is 41.0 Å². The van der Waals surface area contributed by atoms with Crippen molar-refractivity contribution in [2.45, 2.75) is 13.8 Å². The molecular formula is C13H13F2N3. The van der Waals surface area contributed by atoms with E-state index in [1.54, 1.807) is 7.05 Å². The molecule has 0 aliphatic carbocycles. The van der Waals surface area contributed by atoms with Crippen molar-refractivity contribution in [3.8, 4) is 11.3 Å². The molecule has 3 nitrogen and oxygen atoms in total. The summed E-state index contributed by atoms with van der Waals surface area (Å²) < 4.78 is 26.9. The second-order valence-corrected chi connectivity index (χ2v) is 4.00. The molecular weight excluding hydrogens is 236 g/mol. The minimum Gasteiger partial charge on any atom is -0.371 e. The van der Waals surface area contributed by atoms with Gasteiger partial charge in [0.25, 0.3) is 0 Å². The van der Waals surface area contributed by atoms with E-state index in [-0.39, 0.29) is 5.56 Å². The molecule has 0 unspecified atom stereocenters. The van der Waals surface area contributed by atoms with Crippen LogP contribution < -0.4 is 5.32 Å². The summed E-state index contributed by atoms with van der Waals surface area (Å²) >= 11 is 0. The van der Waals surface area contributed by atoms with E-state index in [1.807, 2.05) is 13.8 Å². The van der Waals surface area contributed by atoms with E-state index in [9.17, 15) is 8.78 Å². The summed E-state index contributed by atoms with van der Waals surface area (Å²) in [5.41, 5.74) is 2.14. The van der Waals surface area contributed by atoms with Crippen LogP contribution in [0.1, 0.15) is 11.1 Å². The molecule has 2 rings (SSSR count). The first-order chi connectivity index (χ1) is 8.56. The zero-order valence-corrected chi connectivity index (χ0v) is 10.4. The molecule has 1 aromatic heterocycles. The summed E-state index contributed by atoms with van der Waals surface area (Å²) in [6.45, 7) is 3.67. The summed E-state index contributed by atoms with van der Waals surface area (Å²) in [5, 5.41) is 10.8. The van der Waals surface area contributed by atoms with Crippen molar-refractivity contribution in [2.24, 2.45) is 0 Å². The Morgan fingerprint density at radius 2 is 1.78 bits per heavy atom. The van der Waals surface area contributed by atoms with E-state index < -0.39 is 11.6 Å². The van der Waals surface area contributed by atoms with Crippen molar-refractivity contribution in [2.75, 3.05) is 12.4 Å². The number of nitrogens with zero attached hydrogens (tertiary/aromatic N) is 2. The maximum atomic E-state index is 13.7. The van der Waals surface area contributed by atoms with Crippen LogP contribution >= 0.6 is 0 Å². The van der Waals surface area contributed by atoms with Crippen molar-refractivity contribution in [1.82, 2.24) is 10.2 Å². The van der Waals surface area contributed by atoms with Gasteiger partial charge >= 0.3 is 0 Å². The highest BCUT2D eigenvalue weighted by molar-refractivity contribution is 5.67. The molecule has 0 fully saturated rings. The molecule has 0 radical (unpaired) electrons. The molecule has 0 amide bonds. The van der Waals surface area contributed by atoms with Gasteiger partial charge in [-0.05, 0) is 37.1 Å². The number of hydrogen-bond acceptors (Lipinski definition) is 3. The number of halogens is 2. The fraction of sp³-hybridized carbons (Fsp3) is 0.231. The molecule has 0 bridgehead atoms. The molecule has 18 heavy (non-hydrogen) atoms. The van der Waals surface area contributed by atoms with Gasteiger partial charge in [0.05, 0.1) is 5.69 Å². The summed E-state index contributed by atoms with van der Waals surface area (Å²) in [6, 6.07) is 4.03. The third-order valence-electron chi connectivity index (χ3n) is 2.97. The zero-order chi connectivity index (χ0) is 13.3. The minimum absolute atomic E-state index is 0.130. The molecule has 0 saturated carbocycles. The molecule has 1 N–H and O–H groups in total. The smallest absolute Gasteiger partial charge is 0.168 e. The van der Waals surface area contributed by atoms with Crippen molar-refractivity contribution < 1.29 is 8.78 Å². The van der Waals surface area contributed by atoms with Crippen LogP contribution in [-0.4, -0.2) is 17.2 Å². The van der Waals surface area contributed by atoms with E-state index >= 15 is 0 Å². The van der Waals surface area contributed by atoms with Gasteiger partial charge in [0.2, 0.25) is 0 Å². The van der Waals surface area contributed by atoms with Gasteiger partial charge in [0.1, 0.15) is 0 Å². The van der Waals surface area contributed by atoms with Gasteiger partial charge < -0.3 is 5.32 Å². The Labute approximate surface area is 104 Å². The molecule has 0 atom stereocenters. The Kier molecular flexibility index (Phi) is 3.23. The number of benzene rings is 1. The standard InChI is InChI=1S/C13H13F2N3/c1-7-8(2)13(16-3)18-17-12(7)9-5-4-6-10(14)11(9)15/h4-6H,1-3H3,(H,16,18). The van der Waals surface area contributed by atoms with E-state index in [4.69, 9.17) is 0 Å². The SMILES string of the molecule is CNc1nnc(-c2cccc(F)c2F)c(C)c1C. The summed E-state index contributed by atoms with van der Waals surface area (Å²) in [5.74, 6) is -1.15. The highest BCUT2D eigenvalue weighted by Crippen LogP contribution is 2.28. The molecule has 0 saturated heterocycles. The first-order valence-corrected chi connectivity index (χ1v) is 5.52. The van der Waals surface area contributed by atoms with Crippen LogP contribution in [0.5, 0.6) is 0 Å². The molecule has 5 heteroatoms. The average molecular weight is 249 g/mol. The fourth-order valence-electron chi connectivity index (χ4n) is 1.79. The lowest BCUT2D eigenvalue weighted by molar-refractivity contribution is 0.510. The topological polar surface area (TPSA) is 37.8 Å².